The molecule has 3 aromatic rings. The van der Waals surface area contributed by atoms with E-state index in [0.717, 1.165) is 4.47 Å². The Morgan fingerprint density at radius 2 is 1.23 bits per heavy atom. The van der Waals surface area contributed by atoms with Gasteiger partial charge in [-0.05, 0) is 113 Å². The van der Waals surface area contributed by atoms with Crippen molar-refractivity contribution in [3.63, 3.8) is 0 Å². The predicted octanol–water partition coefficient (Wildman–Crippen LogP) is 7.23. The SMILES string of the molecule is Cc1cc(C2(c3ccc(O)c(C)c3)OC(=O)c3c(Br)c(Br)c(Br)c(Br)c32)ccc1O. The summed E-state index contributed by atoms with van der Waals surface area (Å²) >= 11 is 14.3. The van der Waals surface area contributed by atoms with Gasteiger partial charge in [-0.25, -0.2) is 4.79 Å². The number of aryl methyl sites for hydroxylation is 2. The van der Waals surface area contributed by atoms with Crippen LogP contribution in [0.4, 0.5) is 0 Å². The van der Waals surface area contributed by atoms with Gasteiger partial charge < -0.3 is 14.9 Å². The molecule has 8 heteroatoms. The zero-order valence-corrected chi connectivity index (χ0v) is 22.0. The number of hydrogen-bond acceptors (Lipinski definition) is 4. The van der Waals surface area contributed by atoms with Gasteiger partial charge in [-0.3, -0.25) is 0 Å². The number of benzene rings is 3. The van der Waals surface area contributed by atoms with Gasteiger partial charge in [0.15, 0.2) is 5.60 Å². The third-order valence-electron chi connectivity index (χ3n) is 5.28. The lowest BCUT2D eigenvalue weighted by molar-refractivity contribution is 0.0249. The summed E-state index contributed by atoms with van der Waals surface area (Å²) in [7, 11) is 0. The number of fused-ring (bicyclic) bond motifs is 1. The van der Waals surface area contributed by atoms with Crippen molar-refractivity contribution < 1.29 is 19.7 Å². The van der Waals surface area contributed by atoms with E-state index < -0.39 is 11.6 Å². The molecule has 0 saturated carbocycles. The summed E-state index contributed by atoms with van der Waals surface area (Å²) in [5.41, 5.74) is 2.40. The van der Waals surface area contributed by atoms with E-state index in [9.17, 15) is 15.0 Å². The number of aromatic hydroxyl groups is 2. The fourth-order valence-corrected chi connectivity index (χ4v) is 6.28. The van der Waals surface area contributed by atoms with Crippen molar-refractivity contribution in [1.82, 2.24) is 0 Å². The second kappa shape index (κ2) is 7.65. The van der Waals surface area contributed by atoms with Gasteiger partial charge in [-0.2, -0.15) is 0 Å². The van der Waals surface area contributed by atoms with Gasteiger partial charge in [-0.1, -0.05) is 12.1 Å². The van der Waals surface area contributed by atoms with Crippen molar-refractivity contribution >= 4 is 69.7 Å². The molecule has 0 aromatic heterocycles. The van der Waals surface area contributed by atoms with Gasteiger partial charge in [0.2, 0.25) is 0 Å². The second-order valence-corrected chi connectivity index (χ2v) is 10.3. The molecule has 2 N–H and O–H groups in total. The van der Waals surface area contributed by atoms with E-state index in [4.69, 9.17) is 4.74 Å². The standard InChI is InChI=1S/C22H14Br4O4/c1-9-7-11(3-5-13(9)27)22(12-4-6-14(28)10(2)8-12)16-15(21(29)30-22)17(23)19(25)20(26)18(16)24/h3-8,27-28H,1-2H3. The molecule has 0 spiro atoms. The Morgan fingerprint density at radius 3 is 1.70 bits per heavy atom. The van der Waals surface area contributed by atoms with Crippen molar-refractivity contribution in [2.45, 2.75) is 19.4 Å². The van der Waals surface area contributed by atoms with Gasteiger partial charge in [-0.15, -0.1) is 0 Å². The first-order valence-electron chi connectivity index (χ1n) is 8.79. The predicted molar refractivity (Wildman–Crippen MR) is 128 cm³/mol. The molecule has 1 aliphatic rings. The molecule has 1 heterocycles. The number of cyclic esters (lactones) is 1. The Morgan fingerprint density at radius 1 is 0.767 bits per heavy atom. The monoisotopic (exact) mass is 658 g/mol. The zero-order valence-electron chi connectivity index (χ0n) is 15.7. The number of carbonyl (C=O) groups is 1. The van der Waals surface area contributed by atoms with Crippen LogP contribution in [0.15, 0.2) is 54.3 Å². The maximum absolute atomic E-state index is 13.2. The van der Waals surface area contributed by atoms with E-state index in [1.54, 1.807) is 50.2 Å². The van der Waals surface area contributed by atoms with Crippen LogP contribution in [0.5, 0.6) is 11.5 Å². The quantitative estimate of drug-likeness (QED) is 0.173. The molecule has 4 rings (SSSR count). The summed E-state index contributed by atoms with van der Waals surface area (Å²) in [6.45, 7) is 3.57. The van der Waals surface area contributed by atoms with E-state index in [-0.39, 0.29) is 11.5 Å². The van der Waals surface area contributed by atoms with E-state index in [0.29, 0.717) is 46.8 Å². The molecule has 0 radical (unpaired) electrons. The van der Waals surface area contributed by atoms with E-state index in [1.165, 1.54) is 0 Å². The highest BCUT2D eigenvalue weighted by atomic mass is 79.9. The molecule has 4 nitrogen and oxygen atoms in total. The lowest BCUT2D eigenvalue weighted by Crippen LogP contribution is -2.30. The first kappa shape index (κ1) is 21.9. The Balaban J connectivity index is 2.19. The largest absolute Gasteiger partial charge is 0.508 e. The minimum atomic E-state index is -1.28. The molecule has 0 saturated heterocycles. The normalized spacial score (nSPS) is 14.5. The molecule has 30 heavy (non-hydrogen) atoms. The lowest BCUT2D eigenvalue weighted by atomic mass is 9.79. The third kappa shape index (κ3) is 3.06. The summed E-state index contributed by atoms with van der Waals surface area (Å²) in [4.78, 5) is 13.2. The second-order valence-electron chi connectivity index (χ2n) is 7.08. The number of rotatable bonds is 2. The molecule has 0 fully saturated rings. The highest BCUT2D eigenvalue weighted by Crippen LogP contribution is 2.55. The van der Waals surface area contributed by atoms with Gasteiger partial charge in [0, 0.05) is 34.6 Å². The number of phenolic OH excluding ortho intramolecular Hbond substituents is 2. The molecule has 1 aliphatic heterocycles. The van der Waals surface area contributed by atoms with Crippen LogP contribution < -0.4 is 0 Å². The fraction of sp³-hybridized carbons (Fsp3) is 0.136. The van der Waals surface area contributed by atoms with E-state index >= 15 is 0 Å². The Kier molecular flexibility index (Phi) is 5.58. The van der Waals surface area contributed by atoms with Crippen LogP contribution in [-0.2, 0) is 10.3 Å². The third-order valence-corrected chi connectivity index (χ3v) is 10.0. The lowest BCUT2D eigenvalue weighted by Gasteiger charge is -2.32. The molecular weight excluding hydrogens is 648 g/mol. The van der Waals surface area contributed by atoms with Gasteiger partial charge in [0.05, 0.1) is 5.56 Å². The van der Waals surface area contributed by atoms with Crippen LogP contribution in [0.25, 0.3) is 0 Å². The molecule has 3 aromatic carbocycles. The van der Waals surface area contributed by atoms with Crippen LogP contribution in [0.2, 0.25) is 0 Å². The maximum atomic E-state index is 13.2. The van der Waals surface area contributed by atoms with Crippen LogP contribution in [0.3, 0.4) is 0 Å². The topological polar surface area (TPSA) is 66.8 Å². The zero-order chi connectivity index (χ0) is 22.0. The summed E-state index contributed by atoms with van der Waals surface area (Å²) in [5, 5.41) is 20.2. The van der Waals surface area contributed by atoms with Gasteiger partial charge in [0.1, 0.15) is 11.5 Å². The Labute approximate surface area is 206 Å². The molecule has 0 bridgehead atoms. The molecular formula is C22H14Br4O4. The van der Waals surface area contributed by atoms with Gasteiger partial charge in [0.25, 0.3) is 0 Å². The van der Waals surface area contributed by atoms with Crippen LogP contribution in [-0.4, -0.2) is 16.2 Å². The summed E-state index contributed by atoms with van der Waals surface area (Å²) < 4.78 is 8.79. The van der Waals surface area contributed by atoms with Crippen LogP contribution >= 0.6 is 63.7 Å². The van der Waals surface area contributed by atoms with Crippen molar-refractivity contribution in [2.75, 3.05) is 0 Å². The number of halogens is 4. The van der Waals surface area contributed by atoms with Crippen molar-refractivity contribution in [3.8, 4) is 11.5 Å². The molecule has 0 aliphatic carbocycles. The summed E-state index contributed by atoms with van der Waals surface area (Å²) in [6, 6.07) is 10.3. The van der Waals surface area contributed by atoms with Crippen molar-refractivity contribution in [1.29, 1.82) is 0 Å². The Bertz CT molecular complexity index is 1190. The average Bonchev–Trinajstić information content (AvgIpc) is 3.03. The molecule has 0 amide bonds. The Hall–Kier alpha value is -1.35. The number of carbonyl (C=O) groups excluding carboxylic acids is 1. The first-order chi connectivity index (χ1) is 14.1. The number of phenols is 2. The minimum absolute atomic E-state index is 0.151. The summed E-state index contributed by atoms with van der Waals surface area (Å²) in [5.74, 6) is -0.183. The maximum Gasteiger partial charge on any atom is 0.341 e. The van der Waals surface area contributed by atoms with E-state index in [2.05, 4.69) is 63.7 Å². The number of ether oxygens (including phenoxy) is 1. The highest BCUT2D eigenvalue weighted by molar-refractivity contribution is 9.15. The van der Waals surface area contributed by atoms with Gasteiger partial charge >= 0.3 is 5.97 Å². The minimum Gasteiger partial charge on any atom is -0.508 e. The van der Waals surface area contributed by atoms with Crippen molar-refractivity contribution in [3.05, 3.63) is 87.7 Å². The molecule has 0 unspecified atom stereocenters. The smallest absolute Gasteiger partial charge is 0.341 e. The molecule has 0 atom stereocenters. The van der Waals surface area contributed by atoms with Crippen LogP contribution in [0.1, 0.15) is 38.2 Å². The van der Waals surface area contributed by atoms with E-state index in [1.807, 2.05) is 0 Å². The fourth-order valence-electron chi connectivity index (χ4n) is 3.72. The summed E-state index contributed by atoms with van der Waals surface area (Å²) in [6.07, 6.45) is 0. The highest BCUT2D eigenvalue weighted by Gasteiger charge is 2.52. The first-order valence-corrected chi connectivity index (χ1v) is 12.0. The average molecular weight is 662 g/mol. The number of hydrogen-bond donors (Lipinski definition) is 2. The van der Waals surface area contributed by atoms with Crippen molar-refractivity contribution in [2.24, 2.45) is 0 Å². The number of esters is 1. The molecule has 154 valence electrons. The van der Waals surface area contributed by atoms with Crippen LogP contribution in [0, 0.1) is 13.8 Å².